The topological polar surface area (TPSA) is 68.3 Å². The number of rotatable bonds is 4. The number of nitrogens with one attached hydrogen (secondary N) is 1. The third kappa shape index (κ3) is 4.17. The lowest BCUT2D eigenvalue weighted by Crippen LogP contribution is -2.46. The number of methoxy groups -OCH3 is 1. The number of hydrogen-bond acceptors (Lipinski definition) is 3. The van der Waals surface area contributed by atoms with Crippen LogP contribution in [0.2, 0.25) is 0 Å². The number of nitrogens with two attached hydrogens (primary N) is 1. The van der Waals surface area contributed by atoms with Crippen LogP contribution in [0.3, 0.4) is 0 Å². The Balaban J connectivity index is 3.28. The zero-order chi connectivity index (χ0) is 16.4. The predicted molar refractivity (Wildman–Crippen MR) is 60.5 cm³/mol. The van der Waals surface area contributed by atoms with Gasteiger partial charge >= 0.3 is 12.4 Å². The summed E-state index contributed by atoms with van der Waals surface area (Å²) in [5.41, 5.74) is 4.69. The van der Waals surface area contributed by atoms with E-state index in [0.29, 0.717) is 0 Å². The van der Waals surface area contributed by atoms with Gasteiger partial charge in [-0.05, 0) is 12.1 Å². The number of nitrogen functional groups attached to an aromatic ring is 1. The normalized spacial score (nSPS) is 12.4. The predicted octanol–water partition coefficient (Wildman–Crippen LogP) is 2.85. The maximum Gasteiger partial charge on any atom is 0.434 e. The van der Waals surface area contributed by atoms with Crippen molar-refractivity contribution in [3.63, 3.8) is 0 Å². The van der Waals surface area contributed by atoms with Gasteiger partial charge in [0, 0.05) is 6.07 Å². The van der Waals surface area contributed by atoms with E-state index in [1.165, 1.54) is 6.07 Å². The fraction of sp³-hybridized carbons (Fsp3) is 0.364. The molecule has 118 valence electrons. The fourth-order valence-corrected chi connectivity index (χ4v) is 1.40. The van der Waals surface area contributed by atoms with Crippen LogP contribution < -0.4 is 15.2 Å². The third-order valence-electron chi connectivity index (χ3n) is 2.32. The Bertz CT molecular complexity index is 512. The van der Waals surface area contributed by atoms with Crippen LogP contribution in [0.4, 0.5) is 26.3 Å². The maximum atomic E-state index is 12.5. The zero-order valence-electron chi connectivity index (χ0n) is 10.5. The largest absolute Gasteiger partial charge is 0.497 e. The van der Waals surface area contributed by atoms with E-state index in [-0.39, 0.29) is 5.75 Å². The van der Waals surface area contributed by atoms with Gasteiger partial charge in [0.15, 0.2) is 0 Å². The Morgan fingerprint density at radius 1 is 1.14 bits per heavy atom. The van der Waals surface area contributed by atoms with Gasteiger partial charge in [-0.25, -0.2) is 0 Å². The molecule has 10 heteroatoms. The average molecular weight is 316 g/mol. The van der Waals surface area contributed by atoms with Gasteiger partial charge in [-0.3, -0.25) is 5.41 Å². The fourth-order valence-electron chi connectivity index (χ4n) is 1.40. The highest BCUT2D eigenvalue weighted by Gasteiger charge is 2.59. The maximum absolute atomic E-state index is 12.5. The minimum Gasteiger partial charge on any atom is -0.497 e. The molecular formula is C11H10F6N2O2. The molecular weight excluding hydrogens is 306 g/mol. The first-order chi connectivity index (χ1) is 9.46. The van der Waals surface area contributed by atoms with E-state index in [0.717, 1.165) is 19.2 Å². The zero-order valence-corrected chi connectivity index (χ0v) is 10.5. The average Bonchev–Trinajstić information content (AvgIpc) is 2.32. The van der Waals surface area contributed by atoms with Gasteiger partial charge in [-0.1, -0.05) is 0 Å². The monoisotopic (exact) mass is 316 g/mol. The summed E-state index contributed by atoms with van der Waals surface area (Å²) < 4.78 is 83.5. The standard InChI is InChI=1S/C11H10F6N2O2/c1-20-5-2-3-6(8(18)19)7(4-5)21-9(10(12,13)14)11(15,16)17/h2-4,9H,1H3,(H3,18,19). The molecule has 3 N–H and O–H groups in total. The third-order valence-corrected chi connectivity index (χ3v) is 2.32. The van der Waals surface area contributed by atoms with Crippen molar-refractivity contribution in [2.75, 3.05) is 7.11 Å². The first kappa shape index (κ1) is 16.9. The molecule has 0 atom stereocenters. The smallest absolute Gasteiger partial charge is 0.434 e. The van der Waals surface area contributed by atoms with E-state index < -0.39 is 35.6 Å². The molecule has 21 heavy (non-hydrogen) atoms. The van der Waals surface area contributed by atoms with Crippen LogP contribution >= 0.6 is 0 Å². The van der Waals surface area contributed by atoms with Crippen LogP contribution in [0, 0.1) is 5.41 Å². The number of ether oxygens (including phenoxy) is 2. The molecule has 0 unspecified atom stereocenters. The Hall–Kier alpha value is -2.13. The summed E-state index contributed by atoms with van der Waals surface area (Å²) in [4.78, 5) is 0. The second-order valence-electron chi connectivity index (χ2n) is 3.86. The van der Waals surface area contributed by atoms with Gasteiger partial charge < -0.3 is 15.2 Å². The SMILES string of the molecule is COc1ccc(C(=N)N)c(OC(C(F)(F)F)C(F)(F)F)c1. The quantitative estimate of drug-likeness (QED) is 0.510. The number of halogens is 6. The van der Waals surface area contributed by atoms with Crippen molar-refractivity contribution in [1.29, 1.82) is 5.41 Å². The summed E-state index contributed by atoms with van der Waals surface area (Å²) in [6, 6.07) is 3.04. The lowest BCUT2D eigenvalue weighted by atomic mass is 10.1. The van der Waals surface area contributed by atoms with Crippen molar-refractivity contribution in [2.24, 2.45) is 5.73 Å². The van der Waals surface area contributed by atoms with E-state index in [9.17, 15) is 26.3 Å². The van der Waals surface area contributed by atoms with Gasteiger partial charge in [0.05, 0.1) is 12.7 Å². The van der Waals surface area contributed by atoms with Crippen LogP contribution in [0.15, 0.2) is 18.2 Å². The Morgan fingerprint density at radius 2 is 1.67 bits per heavy atom. The Morgan fingerprint density at radius 3 is 2.05 bits per heavy atom. The first-order valence-electron chi connectivity index (χ1n) is 5.29. The number of alkyl halides is 6. The van der Waals surface area contributed by atoms with Gasteiger partial charge in [0.2, 0.25) is 0 Å². The molecule has 4 nitrogen and oxygen atoms in total. The molecule has 0 aromatic heterocycles. The molecule has 0 saturated carbocycles. The molecule has 0 fully saturated rings. The Labute approximate surface area is 115 Å². The molecule has 1 rings (SSSR count). The van der Waals surface area contributed by atoms with Crippen LogP contribution in [-0.2, 0) is 0 Å². The van der Waals surface area contributed by atoms with Crippen LogP contribution in [0.5, 0.6) is 11.5 Å². The van der Waals surface area contributed by atoms with Crippen LogP contribution in [0.25, 0.3) is 0 Å². The van der Waals surface area contributed by atoms with Crippen LogP contribution in [-0.4, -0.2) is 31.4 Å². The summed E-state index contributed by atoms with van der Waals surface area (Å²) in [5, 5.41) is 7.15. The molecule has 0 amide bonds. The number of hydrogen-bond donors (Lipinski definition) is 2. The second-order valence-corrected chi connectivity index (χ2v) is 3.86. The highest BCUT2D eigenvalue weighted by molar-refractivity contribution is 5.97. The van der Waals surface area contributed by atoms with Crippen molar-refractivity contribution in [3.8, 4) is 11.5 Å². The van der Waals surface area contributed by atoms with Gasteiger partial charge in [0.25, 0.3) is 6.10 Å². The summed E-state index contributed by atoms with van der Waals surface area (Å²) in [7, 11) is 1.16. The molecule has 0 aliphatic rings. The minimum absolute atomic E-state index is 0.0434. The Kier molecular flexibility index (Phi) is 4.59. The molecule has 0 aliphatic carbocycles. The summed E-state index contributed by atoms with van der Waals surface area (Å²) in [6.07, 6.45) is -15.4. The summed E-state index contributed by atoms with van der Waals surface area (Å²) in [6.45, 7) is 0. The molecule has 0 spiro atoms. The van der Waals surface area contributed by atoms with Gasteiger partial charge in [-0.15, -0.1) is 0 Å². The van der Waals surface area contributed by atoms with Crippen LogP contribution in [0.1, 0.15) is 5.56 Å². The summed E-state index contributed by atoms with van der Waals surface area (Å²) >= 11 is 0. The molecule has 0 aliphatic heterocycles. The molecule has 0 saturated heterocycles. The highest BCUT2D eigenvalue weighted by Crippen LogP contribution is 2.38. The van der Waals surface area contributed by atoms with Crippen molar-refractivity contribution >= 4 is 5.84 Å². The minimum atomic E-state index is -5.67. The molecule has 0 bridgehead atoms. The molecule has 0 radical (unpaired) electrons. The lowest BCUT2D eigenvalue weighted by Gasteiger charge is -2.25. The van der Waals surface area contributed by atoms with Crippen molar-refractivity contribution in [2.45, 2.75) is 18.5 Å². The van der Waals surface area contributed by atoms with Crippen molar-refractivity contribution in [1.82, 2.24) is 0 Å². The van der Waals surface area contributed by atoms with Gasteiger partial charge in [-0.2, -0.15) is 26.3 Å². The molecule has 1 aromatic carbocycles. The molecule has 1 aromatic rings. The van der Waals surface area contributed by atoms with E-state index in [1.54, 1.807) is 0 Å². The highest BCUT2D eigenvalue weighted by atomic mass is 19.4. The molecule has 0 heterocycles. The lowest BCUT2D eigenvalue weighted by molar-refractivity contribution is -0.299. The number of amidine groups is 1. The van der Waals surface area contributed by atoms with Crippen molar-refractivity contribution < 1.29 is 35.8 Å². The summed E-state index contributed by atoms with van der Waals surface area (Å²) in [5.74, 6) is -1.63. The van der Waals surface area contributed by atoms with E-state index >= 15 is 0 Å². The van der Waals surface area contributed by atoms with Gasteiger partial charge in [0.1, 0.15) is 17.3 Å². The van der Waals surface area contributed by atoms with E-state index in [1.807, 2.05) is 0 Å². The van der Waals surface area contributed by atoms with E-state index in [2.05, 4.69) is 9.47 Å². The first-order valence-corrected chi connectivity index (χ1v) is 5.29. The van der Waals surface area contributed by atoms with E-state index in [4.69, 9.17) is 11.1 Å². The number of benzene rings is 1. The van der Waals surface area contributed by atoms with Crippen molar-refractivity contribution in [3.05, 3.63) is 23.8 Å². The second kappa shape index (κ2) is 5.70.